The van der Waals surface area contributed by atoms with Gasteiger partial charge < -0.3 is 15.2 Å². The summed E-state index contributed by atoms with van der Waals surface area (Å²) in [5.74, 6) is 1.84. The number of carbonyl (C=O) groups is 1. The van der Waals surface area contributed by atoms with Crippen LogP contribution in [-0.2, 0) is 24.2 Å². The summed E-state index contributed by atoms with van der Waals surface area (Å²) in [6.45, 7) is 0.710. The van der Waals surface area contributed by atoms with Crippen molar-refractivity contribution in [3.63, 3.8) is 0 Å². The number of nitrogens with zero attached hydrogens (tertiary/aromatic N) is 7. The predicted molar refractivity (Wildman–Crippen MR) is 81.9 cm³/mol. The molecule has 1 aliphatic rings. The molecular weight excluding hydrogens is 328 g/mol. The molecule has 0 spiro atoms. The SMILES string of the molecule is NC(=O)Cc1nc(CCn2cnnn2)n(-c2ccc3c(c2)OCO3)n1. The molecule has 3 heterocycles. The standard InChI is InChI=1S/C14H14N8O3/c15-12(23)6-13-17-14(3-4-21-7-16-19-20-21)22(18-13)9-1-2-10-11(5-9)25-8-24-10/h1-2,5,7H,3-4,6,8H2,(H2,15,23). The van der Waals surface area contributed by atoms with Gasteiger partial charge in [-0.15, -0.1) is 5.10 Å². The van der Waals surface area contributed by atoms with E-state index in [0.29, 0.717) is 36.1 Å². The number of hydrogen-bond acceptors (Lipinski definition) is 8. The zero-order valence-electron chi connectivity index (χ0n) is 13.1. The molecule has 4 rings (SSSR count). The summed E-state index contributed by atoms with van der Waals surface area (Å²) in [5, 5.41) is 15.4. The van der Waals surface area contributed by atoms with Crippen LogP contribution < -0.4 is 15.2 Å². The van der Waals surface area contributed by atoms with E-state index in [1.165, 1.54) is 6.33 Å². The third-order valence-corrected chi connectivity index (χ3v) is 3.61. The van der Waals surface area contributed by atoms with Crippen LogP contribution in [-0.4, -0.2) is 47.7 Å². The number of ether oxygens (including phenoxy) is 2. The van der Waals surface area contributed by atoms with Crippen LogP contribution in [0.15, 0.2) is 24.5 Å². The fourth-order valence-electron chi connectivity index (χ4n) is 2.51. The first-order chi connectivity index (χ1) is 12.2. The Balaban J connectivity index is 1.66. The maximum absolute atomic E-state index is 11.2. The molecule has 11 nitrogen and oxygen atoms in total. The van der Waals surface area contributed by atoms with Crippen molar-refractivity contribution in [2.75, 3.05) is 6.79 Å². The number of amides is 1. The van der Waals surface area contributed by atoms with Crippen molar-refractivity contribution in [1.29, 1.82) is 0 Å². The van der Waals surface area contributed by atoms with Crippen molar-refractivity contribution >= 4 is 5.91 Å². The van der Waals surface area contributed by atoms with E-state index >= 15 is 0 Å². The van der Waals surface area contributed by atoms with Gasteiger partial charge in [0.05, 0.1) is 18.7 Å². The molecule has 1 amide bonds. The molecule has 0 saturated heterocycles. The predicted octanol–water partition coefficient (Wildman–Crippen LogP) is -0.747. The number of benzene rings is 1. The van der Waals surface area contributed by atoms with E-state index < -0.39 is 5.91 Å². The lowest BCUT2D eigenvalue weighted by atomic mass is 10.2. The molecule has 1 aromatic carbocycles. The van der Waals surface area contributed by atoms with Gasteiger partial charge in [-0.1, -0.05) is 0 Å². The first-order valence-electron chi connectivity index (χ1n) is 7.53. The molecule has 0 aliphatic carbocycles. The average Bonchev–Trinajstić information content (AvgIpc) is 3.32. The number of tetrazole rings is 1. The minimum atomic E-state index is -0.491. The molecule has 25 heavy (non-hydrogen) atoms. The molecule has 2 aromatic heterocycles. The lowest BCUT2D eigenvalue weighted by Crippen LogP contribution is -2.14. The zero-order valence-corrected chi connectivity index (χ0v) is 13.1. The molecule has 1 aliphatic heterocycles. The lowest BCUT2D eigenvalue weighted by Gasteiger charge is -2.06. The van der Waals surface area contributed by atoms with Crippen molar-refractivity contribution in [2.24, 2.45) is 5.73 Å². The number of fused-ring (bicyclic) bond motifs is 1. The van der Waals surface area contributed by atoms with Gasteiger partial charge in [0, 0.05) is 12.5 Å². The van der Waals surface area contributed by atoms with E-state index in [0.717, 1.165) is 5.69 Å². The topological polar surface area (TPSA) is 136 Å². The molecule has 11 heteroatoms. The Hall–Kier alpha value is -3.50. The van der Waals surface area contributed by atoms with Crippen molar-refractivity contribution in [3.05, 3.63) is 36.2 Å². The highest BCUT2D eigenvalue weighted by molar-refractivity contribution is 5.75. The molecule has 0 saturated carbocycles. The molecule has 2 N–H and O–H groups in total. The fraction of sp³-hybridized carbons (Fsp3) is 0.286. The Kier molecular flexibility index (Phi) is 3.72. The summed E-state index contributed by atoms with van der Waals surface area (Å²) in [4.78, 5) is 15.6. The quantitative estimate of drug-likeness (QED) is 0.618. The number of hydrogen-bond donors (Lipinski definition) is 1. The second-order valence-corrected chi connectivity index (χ2v) is 5.36. The van der Waals surface area contributed by atoms with E-state index in [4.69, 9.17) is 15.2 Å². The van der Waals surface area contributed by atoms with Gasteiger partial charge in [-0.3, -0.25) is 4.79 Å². The van der Waals surface area contributed by atoms with Crippen LogP contribution in [0.2, 0.25) is 0 Å². The normalized spacial score (nSPS) is 12.5. The average molecular weight is 342 g/mol. The summed E-state index contributed by atoms with van der Waals surface area (Å²) >= 11 is 0. The highest BCUT2D eigenvalue weighted by atomic mass is 16.7. The van der Waals surface area contributed by atoms with Gasteiger partial charge in [0.15, 0.2) is 17.3 Å². The third kappa shape index (κ3) is 3.11. The molecule has 128 valence electrons. The Labute approximate surface area is 141 Å². The van der Waals surface area contributed by atoms with Gasteiger partial charge in [-0.25, -0.2) is 14.3 Å². The van der Waals surface area contributed by atoms with Crippen LogP contribution in [0.4, 0.5) is 0 Å². The molecule has 0 radical (unpaired) electrons. The van der Waals surface area contributed by atoms with Crippen molar-refractivity contribution in [1.82, 2.24) is 35.0 Å². The fourth-order valence-corrected chi connectivity index (χ4v) is 2.51. The minimum absolute atomic E-state index is 0.0323. The van der Waals surface area contributed by atoms with Crippen molar-refractivity contribution < 1.29 is 14.3 Å². The lowest BCUT2D eigenvalue weighted by molar-refractivity contribution is -0.117. The highest BCUT2D eigenvalue weighted by Crippen LogP contribution is 2.33. The zero-order chi connectivity index (χ0) is 17.2. The van der Waals surface area contributed by atoms with Gasteiger partial charge >= 0.3 is 0 Å². The third-order valence-electron chi connectivity index (χ3n) is 3.61. The second-order valence-electron chi connectivity index (χ2n) is 5.36. The molecule has 0 unspecified atom stereocenters. The summed E-state index contributed by atoms with van der Waals surface area (Å²) in [7, 11) is 0. The molecule has 3 aromatic rings. The smallest absolute Gasteiger partial charge is 0.231 e. The maximum atomic E-state index is 11.2. The molecule has 0 atom stereocenters. The Morgan fingerprint density at radius 2 is 2.16 bits per heavy atom. The Morgan fingerprint density at radius 1 is 1.28 bits per heavy atom. The monoisotopic (exact) mass is 342 g/mol. The number of aryl methyl sites for hydroxylation is 2. The van der Waals surface area contributed by atoms with E-state index in [1.807, 2.05) is 12.1 Å². The van der Waals surface area contributed by atoms with E-state index in [1.54, 1.807) is 15.4 Å². The van der Waals surface area contributed by atoms with Gasteiger partial charge in [0.2, 0.25) is 12.7 Å². The first kappa shape index (κ1) is 15.1. The van der Waals surface area contributed by atoms with E-state index in [2.05, 4.69) is 25.6 Å². The maximum Gasteiger partial charge on any atom is 0.231 e. The van der Waals surface area contributed by atoms with Crippen LogP contribution in [0, 0.1) is 0 Å². The van der Waals surface area contributed by atoms with Gasteiger partial charge in [-0.2, -0.15) is 5.10 Å². The summed E-state index contributed by atoms with van der Waals surface area (Å²) in [6.07, 6.45) is 2.01. The van der Waals surface area contributed by atoms with E-state index in [-0.39, 0.29) is 13.2 Å². The highest BCUT2D eigenvalue weighted by Gasteiger charge is 2.18. The summed E-state index contributed by atoms with van der Waals surface area (Å²) < 4.78 is 14.0. The number of aromatic nitrogens is 7. The molecular formula is C14H14N8O3. The van der Waals surface area contributed by atoms with Crippen LogP contribution in [0.3, 0.4) is 0 Å². The largest absolute Gasteiger partial charge is 0.454 e. The van der Waals surface area contributed by atoms with Crippen molar-refractivity contribution in [2.45, 2.75) is 19.4 Å². The van der Waals surface area contributed by atoms with Gasteiger partial charge in [0.25, 0.3) is 0 Å². The molecule has 0 fully saturated rings. The number of carbonyl (C=O) groups excluding carboxylic acids is 1. The number of nitrogens with two attached hydrogens (primary N) is 1. The molecule has 0 bridgehead atoms. The van der Waals surface area contributed by atoms with Crippen LogP contribution in [0.25, 0.3) is 5.69 Å². The Morgan fingerprint density at radius 3 is 2.96 bits per heavy atom. The van der Waals surface area contributed by atoms with Crippen LogP contribution in [0.1, 0.15) is 11.6 Å². The first-order valence-corrected chi connectivity index (χ1v) is 7.53. The van der Waals surface area contributed by atoms with Gasteiger partial charge in [0.1, 0.15) is 12.2 Å². The van der Waals surface area contributed by atoms with Crippen LogP contribution in [0.5, 0.6) is 11.5 Å². The number of primary amides is 1. The van der Waals surface area contributed by atoms with Crippen LogP contribution >= 0.6 is 0 Å². The number of rotatable bonds is 6. The minimum Gasteiger partial charge on any atom is -0.454 e. The summed E-state index contributed by atoms with van der Waals surface area (Å²) in [5.41, 5.74) is 6.00. The van der Waals surface area contributed by atoms with Crippen molar-refractivity contribution in [3.8, 4) is 17.2 Å². The van der Waals surface area contributed by atoms with E-state index in [9.17, 15) is 4.79 Å². The van der Waals surface area contributed by atoms with Gasteiger partial charge in [-0.05, 0) is 22.6 Å². The summed E-state index contributed by atoms with van der Waals surface area (Å²) in [6, 6.07) is 5.46. The second kappa shape index (κ2) is 6.19. The Bertz CT molecular complexity index is 905.